The lowest BCUT2D eigenvalue weighted by Crippen LogP contribution is -2.31. The summed E-state index contributed by atoms with van der Waals surface area (Å²) in [5.74, 6) is -0.310. The van der Waals surface area contributed by atoms with E-state index in [2.05, 4.69) is 15.7 Å². The zero-order valence-corrected chi connectivity index (χ0v) is 14.6. The maximum absolute atomic E-state index is 12.2. The fourth-order valence-corrected chi connectivity index (χ4v) is 2.35. The summed E-state index contributed by atoms with van der Waals surface area (Å²) < 4.78 is 1.69. The van der Waals surface area contributed by atoms with Crippen LogP contribution < -0.4 is 10.6 Å². The first-order valence-corrected chi connectivity index (χ1v) is 7.75. The third kappa shape index (κ3) is 4.48. The van der Waals surface area contributed by atoms with E-state index in [4.69, 9.17) is 11.6 Å². The predicted molar refractivity (Wildman–Crippen MR) is 93.0 cm³/mol. The molecule has 0 fully saturated rings. The number of hydrogen-bond acceptors (Lipinski definition) is 4. The summed E-state index contributed by atoms with van der Waals surface area (Å²) in [5, 5.41) is 10.1. The SMILES string of the molecule is CNC(=O)c1ccc(Cl)c(NCC(=O)N(C)Cc2cnn(C)c2)c1. The number of nitrogens with one attached hydrogen (secondary N) is 2. The number of carbonyl (C=O) groups is 2. The molecule has 24 heavy (non-hydrogen) atoms. The van der Waals surface area contributed by atoms with E-state index >= 15 is 0 Å². The molecule has 2 amide bonds. The zero-order chi connectivity index (χ0) is 17.7. The highest BCUT2D eigenvalue weighted by Crippen LogP contribution is 2.23. The summed E-state index contributed by atoms with van der Waals surface area (Å²) >= 11 is 6.11. The molecule has 8 heteroatoms. The zero-order valence-electron chi connectivity index (χ0n) is 13.8. The largest absolute Gasteiger partial charge is 0.375 e. The minimum absolute atomic E-state index is 0.0771. The molecule has 0 saturated heterocycles. The van der Waals surface area contributed by atoms with Crippen molar-refractivity contribution >= 4 is 29.1 Å². The minimum Gasteiger partial charge on any atom is -0.375 e. The van der Waals surface area contributed by atoms with E-state index in [1.807, 2.05) is 13.2 Å². The molecule has 2 aromatic rings. The predicted octanol–water partition coefficient (Wildman–Crippen LogP) is 1.50. The number of benzene rings is 1. The minimum atomic E-state index is -0.213. The van der Waals surface area contributed by atoms with Crippen molar-refractivity contribution in [2.24, 2.45) is 7.05 Å². The standard InChI is InChI=1S/C16H20ClN5O2/c1-18-16(24)12-4-5-13(17)14(6-12)19-8-15(23)21(2)9-11-7-20-22(3)10-11/h4-7,10,19H,8-9H2,1-3H3,(H,18,24). The molecule has 0 saturated carbocycles. The van der Waals surface area contributed by atoms with Crippen LogP contribution in [0.25, 0.3) is 0 Å². The highest BCUT2D eigenvalue weighted by molar-refractivity contribution is 6.33. The fraction of sp³-hybridized carbons (Fsp3) is 0.312. The Labute approximate surface area is 145 Å². The van der Waals surface area contributed by atoms with Gasteiger partial charge in [0.15, 0.2) is 0 Å². The first-order chi connectivity index (χ1) is 11.4. The number of aryl methyl sites for hydroxylation is 1. The first-order valence-electron chi connectivity index (χ1n) is 7.37. The monoisotopic (exact) mass is 349 g/mol. The van der Waals surface area contributed by atoms with Crippen LogP contribution in [0, 0.1) is 0 Å². The maximum atomic E-state index is 12.2. The highest BCUT2D eigenvalue weighted by Gasteiger charge is 2.12. The van der Waals surface area contributed by atoms with Crippen LogP contribution in [0.15, 0.2) is 30.6 Å². The maximum Gasteiger partial charge on any atom is 0.251 e. The molecule has 1 heterocycles. The number of halogens is 1. The van der Waals surface area contributed by atoms with E-state index in [9.17, 15) is 9.59 Å². The van der Waals surface area contributed by atoms with Gasteiger partial charge in [0.25, 0.3) is 5.91 Å². The summed E-state index contributed by atoms with van der Waals surface area (Å²) in [4.78, 5) is 25.5. The quantitative estimate of drug-likeness (QED) is 0.828. The molecule has 0 bridgehead atoms. The molecule has 128 valence electrons. The Balaban J connectivity index is 1.96. The Kier molecular flexibility index (Phi) is 5.81. The van der Waals surface area contributed by atoms with Gasteiger partial charge in [-0.05, 0) is 18.2 Å². The number of likely N-dealkylation sites (N-methyl/N-ethyl adjacent to an activating group) is 1. The normalized spacial score (nSPS) is 10.3. The number of anilines is 1. The number of nitrogens with zero attached hydrogens (tertiary/aromatic N) is 3. The van der Waals surface area contributed by atoms with Crippen molar-refractivity contribution in [3.63, 3.8) is 0 Å². The Morgan fingerprint density at radius 2 is 2.12 bits per heavy atom. The van der Waals surface area contributed by atoms with Crippen LogP contribution >= 0.6 is 11.6 Å². The number of hydrogen-bond donors (Lipinski definition) is 2. The molecule has 0 aliphatic carbocycles. The topological polar surface area (TPSA) is 79.3 Å². The van der Waals surface area contributed by atoms with Gasteiger partial charge in [0, 0.05) is 45.0 Å². The molecule has 0 aliphatic heterocycles. The van der Waals surface area contributed by atoms with Crippen LogP contribution in [0.2, 0.25) is 5.02 Å². The second-order valence-corrected chi connectivity index (χ2v) is 5.81. The van der Waals surface area contributed by atoms with E-state index in [-0.39, 0.29) is 18.4 Å². The summed E-state index contributed by atoms with van der Waals surface area (Å²) in [5.41, 5.74) is 1.97. The van der Waals surface area contributed by atoms with Gasteiger partial charge in [-0.1, -0.05) is 11.6 Å². The van der Waals surface area contributed by atoms with Crippen LogP contribution in [0.3, 0.4) is 0 Å². The van der Waals surface area contributed by atoms with Gasteiger partial charge in [0.05, 0.1) is 23.5 Å². The molecule has 1 aromatic carbocycles. The number of aromatic nitrogens is 2. The summed E-state index contributed by atoms with van der Waals surface area (Å²) in [6, 6.07) is 4.87. The van der Waals surface area contributed by atoms with Crippen molar-refractivity contribution < 1.29 is 9.59 Å². The molecule has 0 aliphatic rings. The highest BCUT2D eigenvalue weighted by atomic mass is 35.5. The lowest BCUT2D eigenvalue weighted by molar-refractivity contribution is -0.128. The Hall–Kier alpha value is -2.54. The third-order valence-electron chi connectivity index (χ3n) is 3.49. The van der Waals surface area contributed by atoms with Crippen LogP contribution in [-0.4, -0.2) is 47.1 Å². The Morgan fingerprint density at radius 3 is 2.75 bits per heavy atom. The van der Waals surface area contributed by atoms with Crippen molar-refractivity contribution in [1.82, 2.24) is 20.0 Å². The molecule has 0 radical (unpaired) electrons. The van der Waals surface area contributed by atoms with E-state index in [0.717, 1.165) is 5.56 Å². The second-order valence-electron chi connectivity index (χ2n) is 5.40. The average Bonchev–Trinajstić information content (AvgIpc) is 2.97. The van der Waals surface area contributed by atoms with E-state index in [1.165, 1.54) is 0 Å². The van der Waals surface area contributed by atoms with Gasteiger partial charge >= 0.3 is 0 Å². The smallest absolute Gasteiger partial charge is 0.251 e. The van der Waals surface area contributed by atoms with Crippen molar-refractivity contribution in [1.29, 1.82) is 0 Å². The Bertz CT molecular complexity index is 744. The van der Waals surface area contributed by atoms with Gasteiger partial charge in [0.2, 0.25) is 5.91 Å². The fourth-order valence-electron chi connectivity index (χ4n) is 2.17. The van der Waals surface area contributed by atoms with Crippen molar-refractivity contribution in [2.45, 2.75) is 6.54 Å². The molecule has 2 N–H and O–H groups in total. The van der Waals surface area contributed by atoms with Gasteiger partial charge in [0.1, 0.15) is 0 Å². The van der Waals surface area contributed by atoms with Crippen molar-refractivity contribution in [2.75, 3.05) is 26.0 Å². The summed E-state index contributed by atoms with van der Waals surface area (Å²) in [6.07, 6.45) is 3.59. The van der Waals surface area contributed by atoms with Gasteiger partial charge in [-0.2, -0.15) is 5.10 Å². The van der Waals surface area contributed by atoms with Crippen molar-refractivity contribution in [3.05, 3.63) is 46.7 Å². The van der Waals surface area contributed by atoms with Crippen LogP contribution in [0.1, 0.15) is 15.9 Å². The number of carbonyl (C=O) groups excluding carboxylic acids is 2. The molecule has 1 aromatic heterocycles. The lowest BCUT2D eigenvalue weighted by Gasteiger charge is -2.17. The van der Waals surface area contributed by atoms with E-state index < -0.39 is 0 Å². The van der Waals surface area contributed by atoms with Crippen molar-refractivity contribution in [3.8, 4) is 0 Å². The molecule has 0 atom stereocenters. The van der Waals surface area contributed by atoms with E-state index in [1.54, 1.807) is 48.1 Å². The summed E-state index contributed by atoms with van der Waals surface area (Å²) in [6.45, 7) is 0.550. The Morgan fingerprint density at radius 1 is 1.38 bits per heavy atom. The first kappa shape index (κ1) is 17.8. The van der Waals surface area contributed by atoms with Crippen LogP contribution in [-0.2, 0) is 18.4 Å². The summed E-state index contributed by atoms with van der Waals surface area (Å²) in [7, 11) is 5.11. The molecule has 0 spiro atoms. The van der Waals surface area contributed by atoms with Crippen LogP contribution in [0.5, 0.6) is 0 Å². The number of amides is 2. The molecule has 7 nitrogen and oxygen atoms in total. The lowest BCUT2D eigenvalue weighted by atomic mass is 10.2. The van der Waals surface area contributed by atoms with E-state index in [0.29, 0.717) is 22.8 Å². The van der Waals surface area contributed by atoms with Gasteiger partial charge in [-0.25, -0.2) is 0 Å². The second kappa shape index (κ2) is 7.83. The number of rotatable bonds is 6. The van der Waals surface area contributed by atoms with Crippen LogP contribution in [0.4, 0.5) is 5.69 Å². The molecular weight excluding hydrogens is 330 g/mol. The molecule has 0 unspecified atom stereocenters. The molecular formula is C16H20ClN5O2. The van der Waals surface area contributed by atoms with Gasteiger partial charge < -0.3 is 15.5 Å². The third-order valence-corrected chi connectivity index (χ3v) is 3.82. The van der Waals surface area contributed by atoms with Gasteiger partial charge in [-0.3, -0.25) is 14.3 Å². The average molecular weight is 350 g/mol. The van der Waals surface area contributed by atoms with Gasteiger partial charge in [-0.15, -0.1) is 0 Å². The molecule has 2 rings (SSSR count).